The van der Waals surface area contributed by atoms with E-state index in [0.29, 0.717) is 30.7 Å². The van der Waals surface area contributed by atoms with E-state index in [1.54, 1.807) is 22.6 Å². The average molecular weight is 547 g/mol. The van der Waals surface area contributed by atoms with Crippen molar-refractivity contribution in [2.75, 3.05) is 50.9 Å². The number of fused-ring (bicyclic) bond motifs is 1. The minimum Gasteiger partial charge on any atom is -0.384 e. The number of rotatable bonds is 9. The number of likely N-dealkylation sites (N-methyl/N-ethyl adjacent to an activating group) is 1. The van der Waals surface area contributed by atoms with Crippen LogP contribution < -0.4 is 11.1 Å². The van der Waals surface area contributed by atoms with Gasteiger partial charge < -0.3 is 15.8 Å². The Morgan fingerprint density at radius 3 is 2.68 bits per heavy atom. The first kappa shape index (κ1) is 26.6. The van der Waals surface area contributed by atoms with Crippen LogP contribution in [0.1, 0.15) is 59.3 Å². The third-order valence-electron chi connectivity index (χ3n) is 8.11. The van der Waals surface area contributed by atoms with Gasteiger partial charge in [-0.05, 0) is 85.8 Å². The number of primary amides is 1. The van der Waals surface area contributed by atoms with Gasteiger partial charge in [0.05, 0.1) is 23.1 Å². The van der Waals surface area contributed by atoms with Crippen LogP contribution in [0, 0.1) is 5.92 Å². The second kappa shape index (κ2) is 11.0. The van der Waals surface area contributed by atoms with E-state index in [0.717, 1.165) is 74.3 Å². The molecule has 2 saturated heterocycles. The fourth-order valence-electron chi connectivity index (χ4n) is 6.08. The van der Waals surface area contributed by atoms with Crippen molar-refractivity contribution < 1.29 is 17.9 Å². The summed E-state index contributed by atoms with van der Waals surface area (Å²) >= 11 is 1.73. The number of amides is 1. The number of hydrogen-bond donors (Lipinski definition) is 2. The van der Waals surface area contributed by atoms with Gasteiger partial charge in [-0.1, -0.05) is 0 Å². The molecule has 1 aromatic carbocycles. The van der Waals surface area contributed by atoms with Crippen LogP contribution in [0.3, 0.4) is 0 Å². The summed E-state index contributed by atoms with van der Waals surface area (Å²) in [6.45, 7) is 6.22. The molecule has 0 radical (unpaired) electrons. The normalized spacial score (nSPS) is 22.9. The van der Waals surface area contributed by atoms with Crippen LogP contribution in [0.25, 0.3) is 11.1 Å². The van der Waals surface area contributed by atoms with Crippen LogP contribution in [-0.4, -0.2) is 75.2 Å². The second-order valence-electron chi connectivity index (χ2n) is 10.6. The fourth-order valence-corrected chi connectivity index (χ4v) is 8.18. The molecular formula is C27H38N4O4S2. The summed E-state index contributed by atoms with van der Waals surface area (Å²) in [6, 6.07) is 6.34. The second-order valence-corrected chi connectivity index (χ2v) is 13.9. The predicted molar refractivity (Wildman–Crippen MR) is 149 cm³/mol. The molecule has 0 aliphatic carbocycles. The van der Waals surface area contributed by atoms with E-state index in [9.17, 15) is 13.2 Å². The topological polar surface area (TPSA) is 105 Å². The van der Waals surface area contributed by atoms with Crippen LogP contribution in [0.5, 0.6) is 0 Å². The Morgan fingerprint density at radius 2 is 2.00 bits per heavy atom. The maximum atomic E-state index is 12.4. The van der Waals surface area contributed by atoms with E-state index in [2.05, 4.69) is 34.8 Å². The van der Waals surface area contributed by atoms with Gasteiger partial charge >= 0.3 is 0 Å². The lowest BCUT2D eigenvalue weighted by Crippen LogP contribution is -2.40. The van der Waals surface area contributed by atoms with Gasteiger partial charge in [-0.15, -0.1) is 11.3 Å². The molecule has 0 bridgehead atoms. The molecule has 3 aliphatic rings. The Bertz CT molecular complexity index is 1230. The molecule has 2 fully saturated rings. The standard InChI is InChI=1S/C27H38N4O4S2/c1-3-37(33,34)31-8-6-18(7-9-31)25-14-29-26-23(25)12-19(13-24(26)27(28)32)20-11-22(36-17-20)16-30(2)15-21-5-4-10-35-21/h11-13,17-18,21,25,29H,3-10,14-16H2,1-2H3,(H2,28,32)/t21-,25?/m1/s1. The van der Waals surface area contributed by atoms with Crippen LogP contribution in [0.15, 0.2) is 23.6 Å². The van der Waals surface area contributed by atoms with Gasteiger partial charge in [-0.2, -0.15) is 0 Å². The molecule has 1 unspecified atom stereocenters. The molecule has 2 aromatic rings. The molecule has 0 saturated carbocycles. The van der Waals surface area contributed by atoms with E-state index in [-0.39, 0.29) is 11.7 Å². The summed E-state index contributed by atoms with van der Waals surface area (Å²) in [7, 11) is -1.02. The molecule has 1 amide bonds. The highest BCUT2D eigenvalue weighted by atomic mass is 32.2. The van der Waals surface area contributed by atoms with Gasteiger partial charge in [0.1, 0.15) is 0 Å². The third-order valence-corrected chi connectivity index (χ3v) is 10.9. The van der Waals surface area contributed by atoms with Gasteiger partial charge in [-0.25, -0.2) is 12.7 Å². The lowest BCUT2D eigenvalue weighted by Gasteiger charge is -2.34. The largest absolute Gasteiger partial charge is 0.384 e. The van der Waals surface area contributed by atoms with Crippen LogP contribution in [-0.2, 0) is 21.3 Å². The first-order valence-electron chi connectivity index (χ1n) is 13.3. The van der Waals surface area contributed by atoms with Crippen molar-refractivity contribution in [3.8, 4) is 11.1 Å². The Hall–Kier alpha value is -1.98. The van der Waals surface area contributed by atoms with E-state index >= 15 is 0 Å². The molecule has 3 N–H and O–H groups in total. The molecule has 5 rings (SSSR count). The van der Waals surface area contributed by atoms with Gasteiger partial charge in [0.2, 0.25) is 10.0 Å². The Kier molecular flexibility index (Phi) is 7.93. The van der Waals surface area contributed by atoms with E-state index in [1.165, 1.54) is 4.88 Å². The van der Waals surface area contributed by atoms with Crippen molar-refractivity contribution in [3.05, 3.63) is 39.6 Å². The maximum absolute atomic E-state index is 12.4. The Labute approximate surface area is 224 Å². The zero-order valence-electron chi connectivity index (χ0n) is 21.7. The van der Waals surface area contributed by atoms with Crippen molar-refractivity contribution in [2.45, 2.75) is 51.2 Å². The molecule has 3 aliphatic heterocycles. The molecular weight excluding hydrogens is 508 g/mol. The third kappa shape index (κ3) is 5.73. The van der Waals surface area contributed by atoms with E-state index in [4.69, 9.17) is 10.5 Å². The lowest BCUT2D eigenvalue weighted by molar-refractivity contribution is 0.0796. The molecule has 202 valence electrons. The summed E-state index contributed by atoms with van der Waals surface area (Å²) in [5.41, 5.74) is 10.4. The predicted octanol–water partition coefficient (Wildman–Crippen LogP) is 3.70. The molecule has 0 spiro atoms. The van der Waals surface area contributed by atoms with Gasteiger partial charge in [0.25, 0.3) is 5.91 Å². The zero-order chi connectivity index (χ0) is 26.2. The summed E-state index contributed by atoms with van der Waals surface area (Å²) in [5.74, 6) is 0.304. The number of anilines is 1. The van der Waals surface area contributed by atoms with Crippen LogP contribution in [0.2, 0.25) is 0 Å². The number of nitrogens with one attached hydrogen (secondary N) is 1. The van der Waals surface area contributed by atoms with E-state index in [1.807, 2.05) is 6.07 Å². The summed E-state index contributed by atoms with van der Waals surface area (Å²) in [6.07, 6.45) is 4.25. The van der Waals surface area contributed by atoms with Crippen LogP contribution >= 0.6 is 11.3 Å². The number of ether oxygens (including phenoxy) is 1. The number of sulfonamides is 1. The lowest BCUT2D eigenvalue weighted by atomic mass is 9.80. The summed E-state index contributed by atoms with van der Waals surface area (Å²) < 4.78 is 32.0. The smallest absolute Gasteiger partial charge is 0.250 e. The highest BCUT2D eigenvalue weighted by Gasteiger charge is 2.36. The fraction of sp³-hybridized carbons (Fsp3) is 0.593. The quantitative estimate of drug-likeness (QED) is 0.497. The first-order chi connectivity index (χ1) is 17.7. The van der Waals surface area contributed by atoms with Gasteiger partial charge in [0, 0.05) is 50.1 Å². The number of benzene rings is 1. The first-order valence-corrected chi connectivity index (χ1v) is 15.8. The Balaban J connectivity index is 1.34. The van der Waals surface area contributed by atoms with Gasteiger partial charge in [-0.3, -0.25) is 9.69 Å². The molecule has 10 heteroatoms. The Morgan fingerprint density at radius 1 is 1.22 bits per heavy atom. The number of piperidine rings is 1. The number of carbonyl (C=O) groups is 1. The maximum Gasteiger partial charge on any atom is 0.250 e. The summed E-state index contributed by atoms with van der Waals surface area (Å²) in [5, 5.41) is 5.61. The molecule has 37 heavy (non-hydrogen) atoms. The minimum absolute atomic E-state index is 0.142. The molecule has 8 nitrogen and oxygen atoms in total. The van der Waals surface area contributed by atoms with Crippen molar-refractivity contribution >= 4 is 33.0 Å². The monoisotopic (exact) mass is 546 g/mol. The summed E-state index contributed by atoms with van der Waals surface area (Å²) in [4.78, 5) is 16.0. The highest BCUT2D eigenvalue weighted by molar-refractivity contribution is 7.89. The van der Waals surface area contributed by atoms with Crippen molar-refractivity contribution in [1.82, 2.24) is 9.21 Å². The highest BCUT2D eigenvalue weighted by Crippen LogP contribution is 2.44. The van der Waals surface area contributed by atoms with Crippen LogP contribution in [0.4, 0.5) is 5.69 Å². The number of carbonyl (C=O) groups excluding carboxylic acids is 1. The number of nitrogens with zero attached hydrogens (tertiary/aromatic N) is 2. The van der Waals surface area contributed by atoms with Crippen molar-refractivity contribution in [1.29, 1.82) is 0 Å². The number of thiophene rings is 1. The minimum atomic E-state index is -3.16. The SMILES string of the molecule is CCS(=O)(=O)N1CCC(C2CNc3c(C(N)=O)cc(-c4csc(CN(C)C[C@H]5CCCO5)c4)cc32)CC1. The average Bonchev–Trinajstić information content (AvgIpc) is 3.65. The zero-order valence-corrected chi connectivity index (χ0v) is 23.4. The molecule has 2 atom stereocenters. The molecule has 1 aromatic heterocycles. The van der Waals surface area contributed by atoms with Crippen molar-refractivity contribution in [2.24, 2.45) is 11.7 Å². The van der Waals surface area contributed by atoms with E-state index < -0.39 is 15.9 Å². The van der Waals surface area contributed by atoms with Crippen molar-refractivity contribution in [3.63, 3.8) is 0 Å². The van der Waals surface area contributed by atoms with Gasteiger partial charge in [0.15, 0.2) is 0 Å². The number of nitrogens with two attached hydrogens (primary N) is 1. The molecule has 4 heterocycles. The number of hydrogen-bond acceptors (Lipinski definition) is 7.